The van der Waals surface area contributed by atoms with Crippen LogP contribution in [0.25, 0.3) is 0 Å². The summed E-state index contributed by atoms with van der Waals surface area (Å²) in [5.74, 6) is 1.28. The van der Waals surface area contributed by atoms with Crippen molar-refractivity contribution in [3.05, 3.63) is 17.5 Å². The number of hydrogen-bond acceptors (Lipinski definition) is 2. The number of hydrogen-bond donors (Lipinski definition) is 1. The van der Waals surface area contributed by atoms with E-state index in [9.17, 15) is 0 Å². The maximum Gasteiger partial charge on any atom is 0.0653 e. The SMILES string of the molecule is CC(C)CCNCc1cc(C(C)C)nn1C.Cl. The second kappa shape index (κ2) is 7.72. The van der Waals surface area contributed by atoms with Crippen molar-refractivity contribution in [1.82, 2.24) is 15.1 Å². The van der Waals surface area contributed by atoms with E-state index in [-0.39, 0.29) is 12.4 Å². The van der Waals surface area contributed by atoms with Crippen LogP contribution in [0.4, 0.5) is 0 Å². The van der Waals surface area contributed by atoms with Gasteiger partial charge in [0.05, 0.1) is 11.4 Å². The summed E-state index contributed by atoms with van der Waals surface area (Å²) in [6.45, 7) is 10.9. The molecule has 1 aromatic heterocycles. The summed E-state index contributed by atoms with van der Waals surface area (Å²) in [5, 5.41) is 7.97. The van der Waals surface area contributed by atoms with Crippen molar-refractivity contribution in [1.29, 1.82) is 0 Å². The van der Waals surface area contributed by atoms with E-state index in [2.05, 4.69) is 44.2 Å². The first-order chi connectivity index (χ1) is 7.50. The number of halogens is 1. The van der Waals surface area contributed by atoms with Crippen LogP contribution in [-0.4, -0.2) is 16.3 Å². The standard InChI is InChI=1S/C13H25N3.ClH/c1-10(2)6-7-14-9-12-8-13(11(3)4)15-16(12)5;/h8,10-11,14H,6-7,9H2,1-5H3;1H. The lowest BCUT2D eigenvalue weighted by Gasteiger charge is -2.06. The summed E-state index contributed by atoms with van der Waals surface area (Å²) < 4.78 is 1.98. The fourth-order valence-corrected chi connectivity index (χ4v) is 1.59. The van der Waals surface area contributed by atoms with Gasteiger partial charge < -0.3 is 5.32 Å². The monoisotopic (exact) mass is 259 g/mol. The van der Waals surface area contributed by atoms with Crippen molar-refractivity contribution in [3.63, 3.8) is 0 Å². The van der Waals surface area contributed by atoms with Crippen molar-refractivity contribution in [2.24, 2.45) is 13.0 Å². The Balaban J connectivity index is 0.00000256. The van der Waals surface area contributed by atoms with Crippen LogP contribution in [0.2, 0.25) is 0 Å². The van der Waals surface area contributed by atoms with Gasteiger partial charge in [0.1, 0.15) is 0 Å². The zero-order chi connectivity index (χ0) is 12.1. The molecule has 0 spiro atoms. The Labute approximate surface area is 111 Å². The molecule has 0 bridgehead atoms. The average Bonchev–Trinajstić information content (AvgIpc) is 2.55. The smallest absolute Gasteiger partial charge is 0.0653 e. The molecule has 3 nitrogen and oxygen atoms in total. The van der Waals surface area contributed by atoms with Crippen LogP contribution in [0.15, 0.2) is 6.07 Å². The molecule has 17 heavy (non-hydrogen) atoms. The molecule has 0 radical (unpaired) electrons. The Morgan fingerprint density at radius 2 is 1.94 bits per heavy atom. The van der Waals surface area contributed by atoms with Gasteiger partial charge in [-0.2, -0.15) is 5.10 Å². The Kier molecular flexibility index (Phi) is 7.48. The molecule has 0 aliphatic rings. The molecule has 0 saturated heterocycles. The molecule has 0 fully saturated rings. The molecule has 0 aromatic carbocycles. The van der Waals surface area contributed by atoms with Gasteiger partial charge in [0.2, 0.25) is 0 Å². The maximum absolute atomic E-state index is 4.50. The topological polar surface area (TPSA) is 29.9 Å². The van der Waals surface area contributed by atoms with Gasteiger partial charge in [0.25, 0.3) is 0 Å². The fraction of sp³-hybridized carbons (Fsp3) is 0.769. The minimum Gasteiger partial charge on any atom is -0.311 e. The van der Waals surface area contributed by atoms with Crippen LogP contribution in [-0.2, 0) is 13.6 Å². The number of nitrogens with zero attached hydrogens (tertiary/aromatic N) is 2. The zero-order valence-electron chi connectivity index (χ0n) is 11.7. The van der Waals surface area contributed by atoms with E-state index < -0.39 is 0 Å². The van der Waals surface area contributed by atoms with Crippen molar-refractivity contribution < 1.29 is 0 Å². The third-order valence-electron chi connectivity index (χ3n) is 2.79. The van der Waals surface area contributed by atoms with E-state index in [1.165, 1.54) is 17.8 Å². The molecule has 0 aliphatic heterocycles. The third kappa shape index (κ3) is 5.55. The molecule has 0 atom stereocenters. The Morgan fingerprint density at radius 3 is 2.41 bits per heavy atom. The Hall–Kier alpha value is -0.540. The lowest BCUT2D eigenvalue weighted by atomic mass is 10.1. The lowest BCUT2D eigenvalue weighted by molar-refractivity contribution is 0.527. The van der Waals surface area contributed by atoms with Gasteiger partial charge in [0, 0.05) is 13.6 Å². The van der Waals surface area contributed by atoms with Crippen LogP contribution in [0.5, 0.6) is 0 Å². The van der Waals surface area contributed by atoms with Crippen LogP contribution >= 0.6 is 12.4 Å². The molecule has 1 N–H and O–H groups in total. The molecule has 4 heteroatoms. The maximum atomic E-state index is 4.50. The van der Waals surface area contributed by atoms with Gasteiger partial charge >= 0.3 is 0 Å². The molecular weight excluding hydrogens is 234 g/mol. The minimum absolute atomic E-state index is 0. The average molecular weight is 260 g/mol. The molecule has 0 amide bonds. The highest BCUT2D eigenvalue weighted by atomic mass is 35.5. The van der Waals surface area contributed by atoms with E-state index in [1.807, 2.05) is 11.7 Å². The summed E-state index contributed by atoms with van der Waals surface area (Å²) in [6.07, 6.45) is 1.23. The van der Waals surface area contributed by atoms with E-state index in [1.54, 1.807) is 0 Å². The van der Waals surface area contributed by atoms with Gasteiger partial charge in [-0.3, -0.25) is 4.68 Å². The number of nitrogens with one attached hydrogen (secondary N) is 1. The summed E-state index contributed by atoms with van der Waals surface area (Å²) in [6, 6.07) is 2.20. The lowest BCUT2D eigenvalue weighted by Crippen LogP contribution is -2.18. The third-order valence-corrected chi connectivity index (χ3v) is 2.79. The van der Waals surface area contributed by atoms with E-state index in [0.717, 1.165) is 19.0 Å². The highest BCUT2D eigenvalue weighted by molar-refractivity contribution is 5.85. The summed E-state index contributed by atoms with van der Waals surface area (Å²) >= 11 is 0. The second-order valence-corrected chi connectivity index (χ2v) is 5.20. The molecular formula is C13H26ClN3. The van der Waals surface area contributed by atoms with Gasteiger partial charge in [-0.1, -0.05) is 27.7 Å². The van der Waals surface area contributed by atoms with Gasteiger partial charge in [0.15, 0.2) is 0 Å². The van der Waals surface area contributed by atoms with Crippen LogP contribution in [0.3, 0.4) is 0 Å². The zero-order valence-corrected chi connectivity index (χ0v) is 12.5. The van der Waals surface area contributed by atoms with Gasteiger partial charge in [-0.15, -0.1) is 12.4 Å². The Morgan fingerprint density at radius 1 is 1.29 bits per heavy atom. The molecule has 1 heterocycles. The normalized spacial score (nSPS) is 11.0. The van der Waals surface area contributed by atoms with Crippen molar-refractivity contribution in [3.8, 4) is 0 Å². The van der Waals surface area contributed by atoms with Crippen molar-refractivity contribution in [2.45, 2.75) is 46.6 Å². The Bertz CT molecular complexity index is 318. The molecule has 1 rings (SSSR count). The summed E-state index contributed by atoms with van der Waals surface area (Å²) in [4.78, 5) is 0. The van der Waals surface area contributed by atoms with Gasteiger partial charge in [-0.25, -0.2) is 0 Å². The first-order valence-corrected chi connectivity index (χ1v) is 6.24. The molecule has 1 aromatic rings. The van der Waals surface area contributed by atoms with E-state index >= 15 is 0 Å². The van der Waals surface area contributed by atoms with Crippen LogP contribution < -0.4 is 5.32 Å². The molecule has 100 valence electrons. The molecule has 0 saturated carbocycles. The minimum atomic E-state index is 0. The first-order valence-electron chi connectivity index (χ1n) is 6.24. The number of aromatic nitrogens is 2. The highest BCUT2D eigenvalue weighted by Crippen LogP contribution is 2.13. The van der Waals surface area contributed by atoms with Crippen LogP contribution in [0.1, 0.15) is 51.4 Å². The first kappa shape index (κ1) is 16.5. The molecule has 0 aliphatic carbocycles. The quantitative estimate of drug-likeness (QED) is 0.796. The predicted octanol–water partition coefficient (Wildman–Crippen LogP) is 3.10. The van der Waals surface area contributed by atoms with E-state index in [0.29, 0.717) is 5.92 Å². The molecule has 0 unspecified atom stereocenters. The fourth-order valence-electron chi connectivity index (χ4n) is 1.59. The predicted molar refractivity (Wildman–Crippen MR) is 75.7 cm³/mol. The van der Waals surface area contributed by atoms with Crippen molar-refractivity contribution >= 4 is 12.4 Å². The summed E-state index contributed by atoms with van der Waals surface area (Å²) in [7, 11) is 2.02. The number of rotatable bonds is 6. The highest BCUT2D eigenvalue weighted by Gasteiger charge is 2.07. The van der Waals surface area contributed by atoms with Crippen molar-refractivity contribution in [2.75, 3.05) is 6.54 Å². The van der Waals surface area contributed by atoms with Crippen LogP contribution in [0, 0.1) is 5.92 Å². The largest absolute Gasteiger partial charge is 0.311 e. The second-order valence-electron chi connectivity index (χ2n) is 5.20. The number of aryl methyl sites for hydroxylation is 1. The van der Waals surface area contributed by atoms with Gasteiger partial charge in [-0.05, 0) is 30.9 Å². The summed E-state index contributed by atoms with van der Waals surface area (Å²) in [5.41, 5.74) is 2.45. The van der Waals surface area contributed by atoms with E-state index in [4.69, 9.17) is 0 Å².